The highest BCUT2D eigenvalue weighted by Crippen LogP contribution is 2.45. The number of halogens is 1. The highest BCUT2D eigenvalue weighted by Gasteiger charge is 2.36. The number of benzene rings is 1. The molecule has 0 bridgehead atoms. The fraction of sp³-hybridized carbons (Fsp3) is 0.478. The summed E-state index contributed by atoms with van der Waals surface area (Å²) < 4.78 is 22.0. The van der Waals surface area contributed by atoms with Gasteiger partial charge < -0.3 is 14.2 Å². The Bertz CT molecular complexity index is 1010. The van der Waals surface area contributed by atoms with Crippen LogP contribution >= 0.6 is 0 Å². The predicted molar refractivity (Wildman–Crippen MR) is 107 cm³/mol. The number of fused-ring (bicyclic) bond motifs is 3. The van der Waals surface area contributed by atoms with E-state index in [4.69, 9.17) is 4.52 Å². The molecule has 152 valence electrons. The van der Waals surface area contributed by atoms with Gasteiger partial charge in [0.1, 0.15) is 11.6 Å². The number of rotatable bonds is 4. The lowest BCUT2D eigenvalue weighted by atomic mass is 9.75. The second kappa shape index (κ2) is 7.10. The largest absolute Gasteiger partial charge is 0.393 e. The van der Waals surface area contributed by atoms with Crippen molar-refractivity contribution in [1.82, 2.24) is 14.7 Å². The highest BCUT2D eigenvalue weighted by atomic mass is 19.1. The molecule has 5 nitrogen and oxygen atoms in total. The molecule has 1 aromatic carbocycles. The van der Waals surface area contributed by atoms with Crippen LogP contribution in [0.3, 0.4) is 0 Å². The van der Waals surface area contributed by atoms with E-state index in [1.807, 2.05) is 24.5 Å². The van der Waals surface area contributed by atoms with E-state index in [9.17, 15) is 9.50 Å². The molecule has 1 fully saturated rings. The topological polar surface area (TPSA) is 64.1 Å². The molecule has 2 aromatic heterocycles. The number of imidazole rings is 1. The van der Waals surface area contributed by atoms with Crippen molar-refractivity contribution in [3.63, 3.8) is 0 Å². The Morgan fingerprint density at radius 2 is 2.00 bits per heavy atom. The number of aryl methyl sites for hydroxylation is 2. The number of aromatic nitrogens is 3. The predicted octanol–water partition coefficient (Wildman–Crippen LogP) is 4.92. The Labute approximate surface area is 169 Å². The summed E-state index contributed by atoms with van der Waals surface area (Å²) in [5, 5.41) is 15.1. The zero-order valence-electron chi connectivity index (χ0n) is 16.8. The van der Waals surface area contributed by atoms with Crippen LogP contribution < -0.4 is 0 Å². The maximum atomic E-state index is 14.6. The van der Waals surface area contributed by atoms with Crippen LogP contribution in [0.1, 0.15) is 66.6 Å². The summed E-state index contributed by atoms with van der Waals surface area (Å²) in [4.78, 5) is 4.24. The highest BCUT2D eigenvalue weighted by molar-refractivity contribution is 5.69. The molecule has 1 aliphatic carbocycles. The van der Waals surface area contributed by atoms with Crippen molar-refractivity contribution in [2.75, 3.05) is 0 Å². The third kappa shape index (κ3) is 3.01. The Balaban J connectivity index is 1.31. The number of nitrogens with zero attached hydrogens (tertiary/aromatic N) is 3. The number of hydrogen-bond acceptors (Lipinski definition) is 4. The van der Waals surface area contributed by atoms with Crippen molar-refractivity contribution in [2.24, 2.45) is 5.92 Å². The lowest BCUT2D eigenvalue weighted by molar-refractivity contribution is 0.0649. The van der Waals surface area contributed by atoms with E-state index < -0.39 is 6.10 Å². The van der Waals surface area contributed by atoms with Gasteiger partial charge in [-0.1, -0.05) is 17.3 Å². The minimum Gasteiger partial charge on any atom is -0.393 e. The Hall–Kier alpha value is -2.47. The molecular formula is C23H26FN3O2. The van der Waals surface area contributed by atoms with Crippen LogP contribution in [-0.4, -0.2) is 25.9 Å². The van der Waals surface area contributed by atoms with Crippen molar-refractivity contribution < 1.29 is 14.0 Å². The van der Waals surface area contributed by atoms with Gasteiger partial charge in [-0.05, 0) is 63.9 Å². The Kier molecular flexibility index (Phi) is 4.54. The molecule has 2 unspecified atom stereocenters. The second-order valence-electron chi connectivity index (χ2n) is 8.56. The number of aliphatic hydroxyl groups is 1. The fourth-order valence-electron chi connectivity index (χ4n) is 5.52. The third-order valence-corrected chi connectivity index (χ3v) is 6.94. The number of hydrogen-bond donors (Lipinski definition) is 1. The van der Waals surface area contributed by atoms with Gasteiger partial charge in [-0.15, -0.1) is 0 Å². The Morgan fingerprint density at radius 1 is 1.21 bits per heavy atom. The van der Waals surface area contributed by atoms with Gasteiger partial charge >= 0.3 is 0 Å². The molecule has 0 radical (unpaired) electrons. The van der Waals surface area contributed by atoms with E-state index in [0.29, 0.717) is 17.9 Å². The van der Waals surface area contributed by atoms with E-state index in [1.54, 1.807) is 18.6 Å². The number of aliphatic hydroxyl groups excluding tert-OH is 1. The second-order valence-corrected chi connectivity index (χ2v) is 8.56. The van der Waals surface area contributed by atoms with Crippen LogP contribution in [0.4, 0.5) is 4.39 Å². The molecular weight excluding hydrogens is 369 g/mol. The van der Waals surface area contributed by atoms with Gasteiger partial charge in [0.25, 0.3) is 0 Å². The van der Waals surface area contributed by atoms with Gasteiger partial charge in [0.15, 0.2) is 0 Å². The van der Waals surface area contributed by atoms with Gasteiger partial charge in [0, 0.05) is 16.7 Å². The van der Waals surface area contributed by atoms with Crippen molar-refractivity contribution >= 4 is 0 Å². The molecule has 1 N–H and O–H groups in total. The van der Waals surface area contributed by atoms with Crippen LogP contribution in [0, 0.1) is 25.6 Å². The normalized spacial score (nSPS) is 24.3. The lowest BCUT2D eigenvalue weighted by Crippen LogP contribution is -2.28. The first-order valence-electron chi connectivity index (χ1n) is 10.5. The van der Waals surface area contributed by atoms with Gasteiger partial charge in [0.05, 0.1) is 36.1 Å². The molecule has 0 amide bonds. The van der Waals surface area contributed by atoms with Crippen molar-refractivity contribution in [3.8, 4) is 11.3 Å². The maximum absolute atomic E-state index is 14.6. The fourth-order valence-corrected chi connectivity index (χ4v) is 5.52. The van der Waals surface area contributed by atoms with Gasteiger partial charge in [-0.25, -0.2) is 9.37 Å². The average molecular weight is 395 g/mol. The van der Waals surface area contributed by atoms with Crippen LogP contribution in [0.15, 0.2) is 35.2 Å². The van der Waals surface area contributed by atoms with Crippen LogP contribution in [0.2, 0.25) is 0 Å². The molecule has 1 aliphatic heterocycles. The zero-order chi connectivity index (χ0) is 20.1. The minimum absolute atomic E-state index is 0.195. The van der Waals surface area contributed by atoms with Crippen LogP contribution in [0.5, 0.6) is 0 Å². The third-order valence-electron chi connectivity index (χ3n) is 6.94. The van der Waals surface area contributed by atoms with Crippen LogP contribution in [-0.2, 0) is 0 Å². The molecule has 6 heteroatoms. The SMILES string of the molecule is Cc1noc(C)c1C1CCC(C(O)CC2c3c(F)cccc3-c3cncn32)CC1. The standard InChI is InChI=1S/C23H26FN3O2/c1-13-22(14(2)29-26-13)16-8-6-15(7-9-16)21(28)10-19-23-17(4-3-5-18(23)24)20-11-25-12-27(19)20/h3-5,11-12,15-16,19,21,28H,6-10H2,1-2H3. The van der Waals surface area contributed by atoms with Crippen LogP contribution in [0.25, 0.3) is 11.3 Å². The summed E-state index contributed by atoms with van der Waals surface area (Å²) in [5.41, 5.74) is 4.74. The van der Waals surface area contributed by atoms with Gasteiger partial charge in [0.2, 0.25) is 0 Å². The van der Waals surface area contributed by atoms with Crippen molar-refractivity contribution in [3.05, 3.63) is 59.1 Å². The molecule has 0 saturated heterocycles. The first-order valence-corrected chi connectivity index (χ1v) is 10.5. The van der Waals surface area contributed by atoms with Gasteiger partial charge in [-0.3, -0.25) is 0 Å². The van der Waals surface area contributed by atoms with E-state index in [2.05, 4.69) is 10.1 Å². The van der Waals surface area contributed by atoms with Crippen molar-refractivity contribution in [2.45, 2.75) is 64.0 Å². The minimum atomic E-state index is -0.466. The smallest absolute Gasteiger partial charge is 0.137 e. The molecule has 29 heavy (non-hydrogen) atoms. The molecule has 0 spiro atoms. The summed E-state index contributed by atoms with van der Waals surface area (Å²) >= 11 is 0. The molecule has 5 rings (SSSR count). The summed E-state index contributed by atoms with van der Waals surface area (Å²) in [5.74, 6) is 1.40. The van der Waals surface area contributed by atoms with E-state index in [-0.39, 0.29) is 17.8 Å². The monoisotopic (exact) mass is 395 g/mol. The summed E-state index contributed by atoms with van der Waals surface area (Å²) in [6.07, 6.45) is 7.55. The first-order chi connectivity index (χ1) is 14.0. The lowest BCUT2D eigenvalue weighted by Gasteiger charge is -2.33. The van der Waals surface area contributed by atoms with E-state index in [0.717, 1.165) is 48.4 Å². The zero-order valence-corrected chi connectivity index (χ0v) is 16.8. The molecule has 3 aromatic rings. The summed E-state index contributed by atoms with van der Waals surface area (Å²) in [6.45, 7) is 3.98. The average Bonchev–Trinajstić information content (AvgIpc) is 3.39. The molecule has 2 atom stereocenters. The first kappa shape index (κ1) is 18.6. The molecule has 2 aliphatic rings. The molecule has 1 saturated carbocycles. The summed E-state index contributed by atoms with van der Waals surface area (Å²) in [6, 6.07) is 4.99. The Morgan fingerprint density at radius 3 is 2.72 bits per heavy atom. The quantitative estimate of drug-likeness (QED) is 0.681. The maximum Gasteiger partial charge on any atom is 0.137 e. The van der Waals surface area contributed by atoms with Crippen molar-refractivity contribution in [1.29, 1.82) is 0 Å². The summed E-state index contributed by atoms with van der Waals surface area (Å²) in [7, 11) is 0. The van der Waals surface area contributed by atoms with Gasteiger partial charge in [-0.2, -0.15) is 0 Å². The van der Waals surface area contributed by atoms with E-state index >= 15 is 0 Å². The van der Waals surface area contributed by atoms with E-state index in [1.165, 1.54) is 11.6 Å². The molecule has 3 heterocycles.